The highest BCUT2D eigenvalue weighted by Gasteiger charge is 2.14. The van der Waals surface area contributed by atoms with Crippen molar-refractivity contribution in [3.05, 3.63) is 64.4 Å². The van der Waals surface area contributed by atoms with E-state index in [2.05, 4.69) is 10.6 Å². The van der Waals surface area contributed by atoms with Gasteiger partial charge in [-0.2, -0.15) is 0 Å². The highest BCUT2D eigenvalue weighted by Crippen LogP contribution is 2.23. The Hall–Kier alpha value is -1.91. The van der Waals surface area contributed by atoms with Crippen molar-refractivity contribution in [1.82, 2.24) is 5.32 Å². The van der Waals surface area contributed by atoms with Crippen molar-refractivity contribution in [1.29, 1.82) is 0 Å². The zero-order valence-electron chi connectivity index (χ0n) is 11.6. The number of likely N-dealkylation sites (N-methyl/N-ethyl adjacent to an activating group) is 1. The second-order valence-electron chi connectivity index (χ2n) is 4.57. The maximum atomic E-state index is 13.8. The average Bonchev–Trinajstić information content (AvgIpc) is 2.50. The Labute approximate surface area is 128 Å². The molecule has 0 aliphatic heterocycles. The van der Waals surface area contributed by atoms with Gasteiger partial charge in [-0.15, -0.1) is 0 Å². The van der Waals surface area contributed by atoms with E-state index in [1.54, 1.807) is 18.2 Å². The van der Waals surface area contributed by atoms with Crippen molar-refractivity contribution < 1.29 is 9.18 Å². The van der Waals surface area contributed by atoms with Gasteiger partial charge in [-0.3, -0.25) is 4.79 Å². The van der Waals surface area contributed by atoms with Gasteiger partial charge in [0.1, 0.15) is 0 Å². The smallest absolute Gasteiger partial charge is 0.256 e. The minimum atomic E-state index is -0.625. The van der Waals surface area contributed by atoms with Gasteiger partial charge in [-0.1, -0.05) is 35.9 Å². The lowest BCUT2D eigenvalue weighted by Crippen LogP contribution is -2.17. The van der Waals surface area contributed by atoms with Crippen LogP contribution in [-0.4, -0.2) is 19.5 Å². The molecule has 1 amide bonds. The molecule has 21 heavy (non-hydrogen) atoms. The van der Waals surface area contributed by atoms with Crippen LogP contribution in [0.4, 0.5) is 10.1 Å². The average molecular weight is 307 g/mol. The number of hydrogen-bond acceptors (Lipinski definition) is 2. The first-order chi connectivity index (χ1) is 10.1. The molecule has 0 fully saturated rings. The van der Waals surface area contributed by atoms with Crippen molar-refractivity contribution in [3.63, 3.8) is 0 Å². The minimum Gasteiger partial charge on any atom is -0.319 e. The number of rotatable bonds is 5. The largest absolute Gasteiger partial charge is 0.319 e. The molecule has 2 aromatic carbocycles. The number of anilines is 1. The molecule has 2 aromatic rings. The summed E-state index contributed by atoms with van der Waals surface area (Å²) in [4.78, 5) is 12.3. The predicted octanol–water partition coefficient (Wildman–Crippen LogP) is 3.49. The number of halogens is 2. The van der Waals surface area contributed by atoms with E-state index in [0.717, 1.165) is 18.5 Å². The molecule has 0 atom stereocenters. The Kier molecular flexibility index (Phi) is 5.31. The summed E-state index contributed by atoms with van der Waals surface area (Å²) < 4.78 is 13.8. The van der Waals surface area contributed by atoms with Gasteiger partial charge in [-0.25, -0.2) is 4.39 Å². The van der Waals surface area contributed by atoms with Gasteiger partial charge >= 0.3 is 0 Å². The van der Waals surface area contributed by atoms with Gasteiger partial charge in [0.25, 0.3) is 5.91 Å². The maximum Gasteiger partial charge on any atom is 0.256 e. The van der Waals surface area contributed by atoms with E-state index in [1.165, 1.54) is 12.1 Å². The minimum absolute atomic E-state index is 0.0173. The monoisotopic (exact) mass is 306 g/mol. The van der Waals surface area contributed by atoms with Gasteiger partial charge in [0.2, 0.25) is 0 Å². The lowest BCUT2D eigenvalue weighted by atomic mass is 10.0. The molecule has 110 valence electrons. The molecule has 0 saturated carbocycles. The Morgan fingerprint density at radius 1 is 1.19 bits per heavy atom. The summed E-state index contributed by atoms with van der Waals surface area (Å²) in [5, 5.41) is 5.59. The van der Waals surface area contributed by atoms with Crippen LogP contribution in [-0.2, 0) is 6.42 Å². The van der Waals surface area contributed by atoms with E-state index in [4.69, 9.17) is 11.6 Å². The summed E-state index contributed by atoms with van der Waals surface area (Å²) in [5.74, 6) is -0.969. The number of hydrogen-bond donors (Lipinski definition) is 2. The summed E-state index contributed by atoms with van der Waals surface area (Å²) in [7, 11) is 1.85. The van der Waals surface area contributed by atoms with E-state index in [9.17, 15) is 9.18 Å². The maximum absolute atomic E-state index is 13.8. The van der Waals surface area contributed by atoms with Crippen LogP contribution < -0.4 is 10.6 Å². The van der Waals surface area contributed by atoms with Crippen LogP contribution in [0.15, 0.2) is 42.5 Å². The number of carbonyl (C=O) groups is 1. The zero-order chi connectivity index (χ0) is 15.2. The van der Waals surface area contributed by atoms with Crippen molar-refractivity contribution in [3.8, 4) is 0 Å². The first-order valence-electron chi connectivity index (χ1n) is 6.61. The van der Waals surface area contributed by atoms with E-state index in [-0.39, 0.29) is 16.6 Å². The first kappa shape index (κ1) is 15.5. The van der Waals surface area contributed by atoms with Crippen molar-refractivity contribution in [2.75, 3.05) is 18.9 Å². The molecule has 0 saturated heterocycles. The fourth-order valence-electron chi connectivity index (χ4n) is 2.01. The van der Waals surface area contributed by atoms with Gasteiger partial charge in [0.15, 0.2) is 5.82 Å². The van der Waals surface area contributed by atoms with Gasteiger partial charge in [-0.05, 0) is 43.8 Å². The summed E-state index contributed by atoms with van der Waals surface area (Å²) in [6.45, 7) is 0.760. The summed E-state index contributed by atoms with van der Waals surface area (Å²) in [6.07, 6.45) is 0.720. The van der Waals surface area contributed by atoms with E-state index in [0.29, 0.717) is 5.56 Å². The van der Waals surface area contributed by atoms with Crippen LogP contribution in [0, 0.1) is 5.82 Å². The van der Waals surface area contributed by atoms with E-state index in [1.807, 2.05) is 19.2 Å². The molecule has 5 heteroatoms. The first-order valence-corrected chi connectivity index (χ1v) is 6.99. The van der Waals surface area contributed by atoms with Crippen molar-refractivity contribution >= 4 is 23.2 Å². The number of carbonyl (C=O) groups excluding carboxylic acids is 1. The molecular weight excluding hydrogens is 291 g/mol. The molecule has 0 radical (unpaired) electrons. The third-order valence-corrected chi connectivity index (χ3v) is 3.40. The Morgan fingerprint density at radius 3 is 2.71 bits per heavy atom. The SMILES string of the molecule is CNCCc1ccccc1C(=O)Nc1cccc(Cl)c1F. The number of nitrogens with one attached hydrogen (secondary N) is 2. The predicted molar refractivity (Wildman–Crippen MR) is 83.4 cm³/mol. The highest BCUT2D eigenvalue weighted by molar-refractivity contribution is 6.31. The molecule has 0 heterocycles. The lowest BCUT2D eigenvalue weighted by Gasteiger charge is -2.11. The second kappa shape index (κ2) is 7.20. The molecule has 2 N–H and O–H groups in total. The molecule has 0 bridgehead atoms. The van der Waals surface area contributed by atoms with Gasteiger partial charge < -0.3 is 10.6 Å². The van der Waals surface area contributed by atoms with Gasteiger partial charge in [0.05, 0.1) is 10.7 Å². The van der Waals surface area contributed by atoms with E-state index < -0.39 is 5.82 Å². The van der Waals surface area contributed by atoms with Crippen LogP contribution in [0.3, 0.4) is 0 Å². The molecule has 0 aliphatic carbocycles. The summed E-state index contributed by atoms with van der Waals surface area (Å²) in [5.41, 5.74) is 1.52. The Balaban J connectivity index is 2.22. The standard InChI is InChI=1S/C16H16ClFN2O/c1-19-10-9-11-5-2-3-6-12(11)16(21)20-14-8-4-7-13(17)15(14)18/h2-8,19H,9-10H2,1H3,(H,20,21). The van der Waals surface area contributed by atoms with Crippen molar-refractivity contribution in [2.24, 2.45) is 0 Å². The Morgan fingerprint density at radius 2 is 1.95 bits per heavy atom. The van der Waals surface area contributed by atoms with Crippen LogP contribution in [0.25, 0.3) is 0 Å². The lowest BCUT2D eigenvalue weighted by molar-refractivity contribution is 0.102. The molecule has 3 nitrogen and oxygen atoms in total. The topological polar surface area (TPSA) is 41.1 Å². The summed E-state index contributed by atoms with van der Waals surface area (Å²) >= 11 is 5.71. The quantitative estimate of drug-likeness (QED) is 0.888. The zero-order valence-corrected chi connectivity index (χ0v) is 12.4. The third kappa shape index (κ3) is 3.80. The molecule has 2 rings (SSSR count). The van der Waals surface area contributed by atoms with Gasteiger partial charge in [0, 0.05) is 5.56 Å². The Bertz CT molecular complexity index is 646. The normalized spacial score (nSPS) is 10.4. The summed E-state index contributed by atoms with van der Waals surface area (Å²) in [6, 6.07) is 11.8. The van der Waals surface area contributed by atoms with E-state index >= 15 is 0 Å². The third-order valence-electron chi connectivity index (χ3n) is 3.11. The van der Waals surface area contributed by atoms with Crippen LogP contribution in [0.5, 0.6) is 0 Å². The molecular formula is C16H16ClFN2O. The van der Waals surface area contributed by atoms with Crippen LogP contribution in [0.2, 0.25) is 5.02 Å². The second-order valence-corrected chi connectivity index (χ2v) is 4.97. The van der Waals surface area contributed by atoms with Crippen molar-refractivity contribution in [2.45, 2.75) is 6.42 Å². The fraction of sp³-hybridized carbons (Fsp3) is 0.188. The molecule has 0 unspecified atom stereocenters. The number of benzene rings is 2. The molecule has 0 spiro atoms. The van der Waals surface area contributed by atoms with Crippen LogP contribution >= 0.6 is 11.6 Å². The number of amides is 1. The highest BCUT2D eigenvalue weighted by atomic mass is 35.5. The van der Waals surface area contributed by atoms with Crippen LogP contribution in [0.1, 0.15) is 15.9 Å². The molecule has 0 aromatic heterocycles. The fourth-order valence-corrected chi connectivity index (χ4v) is 2.18. The molecule has 0 aliphatic rings.